The molecule has 0 aromatic heterocycles. The van der Waals surface area contributed by atoms with Gasteiger partial charge in [0, 0.05) is 5.39 Å². The number of hydrogen-bond acceptors (Lipinski definition) is 7. The van der Waals surface area contributed by atoms with Gasteiger partial charge >= 0.3 is 15.2 Å². The summed E-state index contributed by atoms with van der Waals surface area (Å²) in [4.78, 5) is 0. The molecule has 2 rings (SSSR count). The maximum atomic E-state index is 13.5. The Bertz CT molecular complexity index is 800. The first kappa shape index (κ1) is 23.1. The van der Waals surface area contributed by atoms with Crippen LogP contribution in [0.5, 0.6) is 5.75 Å². The van der Waals surface area contributed by atoms with Crippen LogP contribution in [0, 0.1) is 0 Å². The fourth-order valence-corrected chi connectivity index (χ4v) is 7.53. The molecule has 0 aliphatic carbocycles. The van der Waals surface area contributed by atoms with Crippen LogP contribution in [0.2, 0.25) is 0 Å². The fourth-order valence-electron chi connectivity index (χ4n) is 2.76. The van der Waals surface area contributed by atoms with E-state index in [0.29, 0.717) is 5.75 Å². The normalized spacial score (nSPS) is 12.6. The van der Waals surface area contributed by atoms with E-state index < -0.39 is 20.8 Å². The van der Waals surface area contributed by atoms with Crippen molar-refractivity contribution in [3.05, 3.63) is 42.5 Å². The average Bonchev–Trinajstić information content (AvgIpc) is 2.66. The number of ether oxygens (including phenoxy) is 1. The Hall–Kier alpha value is -1.20. The van der Waals surface area contributed by atoms with E-state index in [0.717, 1.165) is 10.8 Å². The summed E-state index contributed by atoms with van der Waals surface area (Å²) in [7, 11) is -7.98. The lowest BCUT2D eigenvalue weighted by Gasteiger charge is -2.31. The van der Waals surface area contributed by atoms with Crippen LogP contribution in [0.15, 0.2) is 42.5 Å². The van der Waals surface area contributed by atoms with E-state index >= 15 is 0 Å². The van der Waals surface area contributed by atoms with Crippen LogP contribution >= 0.6 is 15.2 Å². The predicted molar refractivity (Wildman–Crippen MR) is 110 cm³/mol. The first-order chi connectivity index (χ1) is 13.4. The fraction of sp³-hybridized carbons (Fsp3) is 0.474. The smallest absolute Gasteiger partial charge is 0.383 e. The third kappa shape index (κ3) is 5.24. The molecule has 156 valence electrons. The maximum Gasteiger partial charge on any atom is 0.383 e. The van der Waals surface area contributed by atoms with Crippen LogP contribution in [-0.2, 0) is 27.2 Å². The predicted octanol–water partition coefficient (Wildman–Crippen LogP) is 6.03. The van der Waals surface area contributed by atoms with Crippen molar-refractivity contribution in [2.24, 2.45) is 0 Å². The zero-order valence-electron chi connectivity index (χ0n) is 16.7. The lowest BCUT2D eigenvalue weighted by molar-refractivity contribution is 0.151. The van der Waals surface area contributed by atoms with Crippen molar-refractivity contribution < 1.29 is 32.0 Å². The molecule has 0 amide bonds. The Kier molecular flexibility index (Phi) is 8.69. The molecule has 0 aliphatic heterocycles. The van der Waals surface area contributed by atoms with E-state index in [1.165, 1.54) is 0 Å². The van der Waals surface area contributed by atoms with Gasteiger partial charge in [-0.25, -0.2) is 0 Å². The van der Waals surface area contributed by atoms with E-state index in [4.69, 9.17) is 22.8 Å². The zero-order valence-corrected chi connectivity index (χ0v) is 18.5. The van der Waals surface area contributed by atoms with Crippen molar-refractivity contribution in [3.8, 4) is 5.75 Å². The van der Waals surface area contributed by atoms with Gasteiger partial charge in [0.2, 0.25) is 0 Å². The highest BCUT2D eigenvalue weighted by molar-refractivity contribution is 7.72. The standard InChI is InChI=1S/C19H28O7P2/c1-5-22-27(20,23-6-2)19(28(21,24-7-3)25-8-4)26-18-15-11-13-16-12-9-10-14-17(16)18/h9-15,19H,5-8H2,1-4H3. The lowest BCUT2D eigenvalue weighted by atomic mass is 10.1. The van der Waals surface area contributed by atoms with Gasteiger partial charge in [0.25, 0.3) is 5.59 Å². The van der Waals surface area contributed by atoms with Gasteiger partial charge in [0.1, 0.15) is 5.75 Å². The molecule has 0 fully saturated rings. The van der Waals surface area contributed by atoms with E-state index in [1.54, 1.807) is 39.8 Å². The van der Waals surface area contributed by atoms with Crippen molar-refractivity contribution in [1.29, 1.82) is 0 Å². The molecule has 0 unspecified atom stereocenters. The topological polar surface area (TPSA) is 80.3 Å². The third-order valence-electron chi connectivity index (χ3n) is 3.76. The van der Waals surface area contributed by atoms with Gasteiger partial charge in [-0.1, -0.05) is 36.4 Å². The minimum Gasteiger partial charge on any atom is -0.464 e. The summed E-state index contributed by atoms with van der Waals surface area (Å²) in [5.41, 5.74) is -1.55. The number of hydrogen-bond donors (Lipinski definition) is 0. The maximum absolute atomic E-state index is 13.5. The van der Waals surface area contributed by atoms with Gasteiger partial charge in [-0.3, -0.25) is 9.13 Å². The van der Waals surface area contributed by atoms with E-state index in [9.17, 15) is 9.13 Å². The Morgan fingerprint density at radius 2 is 1.18 bits per heavy atom. The minimum absolute atomic E-state index is 0.0882. The molecule has 0 saturated carbocycles. The second-order valence-corrected chi connectivity index (χ2v) is 10.2. The molecule has 0 N–H and O–H groups in total. The number of rotatable bonds is 12. The Morgan fingerprint density at radius 1 is 0.714 bits per heavy atom. The summed E-state index contributed by atoms with van der Waals surface area (Å²) < 4.78 is 54.9. The molecule has 0 aliphatic rings. The van der Waals surface area contributed by atoms with Crippen LogP contribution in [0.25, 0.3) is 10.8 Å². The molecular weight excluding hydrogens is 402 g/mol. The first-order valence-electron chi connectivity index (χ1n) is 9.36. The molecule has 0 heterocycles. The Labute approximate surface area is 166 Å². The number of benzene rings is 2. The van der Waals surface area contributed by atoms with Crippen molar-refractivity contribution in [2.45, 2.75) is 33.3 Å². The van der Waals surface area contributed by atoms with Crippen LogP contribution in [0.1, 0.15) is 27.7 Å². The van der Waals surface area contributed by atoms with Crippen LogP contribution in [0.3, 0.4) is 0 Å². The molecule has 0 saturated heterocycles. The summed E-state index contributed by atoms with van der Waals surface area (Å²) in [5, 5.41) is 1.69. The van der Waals surface area contributed by atoms with Gasteiger partial charge < -0.3 is 22.8 Å². The highest BCUT2D eigenvalue weighted by atomic mass is 31.2. The highest BCUT2D eigenvalue weighted by Gasteiger charge is 2.53. The van der Waals surface area contributed by atoms with Gasteiger partial charge in [-0.05, 0) is 39.1 Å². The van der Waals surface area contributed by atoms with Gasteiger partial charge in [-0.2, -0.15) is 0 Å². The summed E-state index contributed by atoms with van der Waals surface area (Å²) in [5.74, 6) is 0.391. The molecule has 9 heteroatoms. The van der Waals surface area contributed by atoms with E-state index in [1.807, 2.05) is 30.3 Å². The number of fused-ring (bicyclic) bond motifs is 1. The summed E-state index contributed by atoms with van der Waals surface area (Å²) in [6.45, 7) is 7.05. The first-order valence-corrected chi connectivity index (χ1v) is 12.6. The van der Waals surface area contributed by atoms with Gasteiger partial charge in [0.05, 0.1) is 26.4 Å². The molecule has 0 radical (unpaired) electrons. The summed E-state index contributed by atoms with van der Waals surface area (Å²) >= 11 is 0. The second-order valence-electron chi connectivity index (χ2n) is 5.67. The van der Waals surface area contributed by atoms with Gasteiger partial charge in [-0.15, -0.1) is 0 Å². The van der Waals surface area contributed by atoms with E-state index in [-0.39, 0.29) is 26.4 Å². The zero-order chi connectivity index (χ0) is 20.6. The second kappa shape index (κ2) is 10.5. The van der Waals surface area contributed by atoms with Crippen molar-refractivity contribution >= 4 is 26.0 Å². The van der Waals surface area contributed by atoms with E-state index in [2.05, 4.69) is 0 Å². The highest BCUT2D eigenvalue weighted by Crippen LogP contribution is 2.70. The van der Waals surface area contributed by atoms with Crippen molar-refractivity contribution in [1.82, 2.24) is 0 Å². The summed E-state index contributed by atoms with van der Waals surface area (Å²) in [6.07, 6.45) is 0. The largest absolute Gasteiger partial charge is 0.464 e. The molecule has 7 nitrogen and oxygen atoms in total. The molecule has 28 heavy (non-hydrogen) atoms. The third-order valence-corrected chi connectivity index (χ3v) is 9.22. The molecule has 0 spiro atoms. The minimum atomic E-state index is -3.99. The van der Waals surface area contributed by atoms with Crippen LogP contribution in [-0.4, -0.2) is 32.0 Å². The quantitative estimate of drug-likeness (QED) is 0.380. The average molecular weight is 430 g/mol. The lowest BCUT2D eigenvalue weighted by Crippen LogP contribution is -2.23. The SMILES string of the molecule is CCOP(=O)(OCC)C(Oc1cccc2ccccc12)P(=O)(OCC)OCC. The molecular formula is C19H28O7P2. The van der Waals surface area contributed by atoms with Crippen molar-refractivity contribution in [3.63, 3.8) is 0 Å². The van der Waals surface area contributed by atoms with Crippen LogP contribution in [0.4, 0.5) is 0 Å². The molecule has 2 aromatic carbocycles. The molecule has 0 bridgehead atoms. The Balaban J connectivity index is 2.59. The van der Waals surface area contributed by atoms with Gasteiger partial charge in [0.15, 0.2) is 0 Å². The Morgan fingerprint density at radius 3 is 1.68 bits per heavy atom. The monoisotopic (exact) mass is 430 g/mol. The van der Waals surface area contributed by atoms with Crippen LogP contribution < -0.4 is 4.74 Å². The molecule has 2 aromatic rings. The molecule has 0 atom stereocenters. The summed E-state index contributed by atoms with van der Waals surface area (Å²) in [6, 6.07) is 13.0. The van der Waals surface area contributed by atoms with Crippen molar-refractivity contribution in [2.75, 3.05) is 26.4 Å².